The van der Waals surface area contributed by atoms with Crippen LogP contribution in [0, 0.1) is 0 Å². The van der Waals surface area contributed by atoms with Gasteiger partial charge < -0.3 is 10.2 Å². The number of benzene rings is 1. The molecule has 0 spiro atoms. The van der Waals surface area contributed by atoms with Crippen LogP contribution in [0.4, 0.5) is 5.82 Å². The fourth-order valence-corrected chi connectivity index (χ4v) is 3.36. The van der Waals surface area contributed by atoms with E-state index in [-0.39, 0.29) is 6.04 Å². The number of aromatic nitrogens is 2. The Morgan fingerprint density at radius 3 is 2.56 bits per heavy atom. The van der Waals surface area contributed by atoms with Crippen LogP contribution in [-0.4, -0.2) is 39.1 Å². The number of nitrogens with one attached hydrogen (secondary N) is 1. The molecule has 1 aromatic heterocycles. The summed E-state index contributed by atoms with van der Waals surface area (Å²) in [5.41, 5.74) is 1.17. The minimum Gasteiger partial charge on any atom is -0.331 e. The molecule has 2 aromatic rings. The Hall–Kier alpha value is -2.63. The highest BCUT2D eigenvalue weighted by Crippen LogP contribution is 2.24. The number of aryl methyl sites for hydroxylation is 1. The van der Waals surface area contributed by atoms with Crippen molar-refractivity contribution in [3.63, 3.8) is 0 Å². The Bertz CT molecular complexity index is 720. The average molecular weight is 340 g/mol. The maximum atomic E-state index is 12.8. The third-order valence-corrected chi connectivity index (χ3v) is 4.77. The molecule has 1 aliphatic carbocycles. The Labute approximate surface area is 147 Å². The van der Waals surface area contributed by atoms with Gasteiger partial charge in [0.05, 0.1) is 6.20 Å². The van der Waals surface area contributed by atoms with E-state index in [1.165, 1.54) is 10.2 Å². The molecule has 0 bridgehead atoms. The van der Waals surface area contributed by atoms with Crippen LogP contribution in [0.3, 0.4) is 0 Å². The molecule has 0 saturated heterocycles. The van der Waals surface area contributed by atoms with E-state index in [1.807, 2.05) is 30.3 Å². The van der Waals surface area contributed by atoms with Gasteiger partial charge in [-0.2, -0.15) is 5.10 Å². The van der Waals surface area contributed by atoms with Crippen molar-refractivity contribution < 1.29 is 9.59 Å². The van der Waals surface area contributed by atoms with Crippen molar-refractivity contribution in [3.8, 4) is 0 Å². The largest absolute Gasteiger partial charge is 0.331 e. The molecular weight excluding hydrogens is 316 g/mol. The van der Waals surface area contributed by atoms with Gasteiger partial charge >= 0.3 is 11.8 Å². The zero-order valence-electron chi connectivity index (χ0n) is 14.5. The van der Waals surface area contributed by atoms with Gasteiger partial charge in [0.1, 0.15) is 5.82 Å². The first-order valence-corrected chi connectivity index (χ1v) is 8.79. The first-order valence-electron chi connectivity index (χ1n) is 8.79. The molecule has 0 atom stereocenters. The van der Waals surface area contributed by atoms with E-state index in [0.29, 0.717) is 12.4 Å². The van der Waals surface area contributed by atoms with E-state index in [2.05, 4.69) is 10.4 Å². The summed E-state index contributed by atoms with van der Waals surface area (Å²) in [7, 11) is 1.73. The van der Waals surface area contributed by atoms with Crippen molar-refractivity contribution in [2.75, 3.05) is 11.9 Å². The first kappa shape index (κ1) is 17.2. The number of rotatable bonds is 5. The van der Waals surface area contributed by atoms with Crippen molar-refractivity contribution in [1.29, 1.82) is 0 Å². The van der Waals surface area contributed by atoms with Gasteiger partial charge in [-0.05, 0) is 24.8 Å². The normalized spacial score (nSPS) is 14.4. The van der Waals surface area contributed by atoms with Gasteiger partial charge in [-0.3, -0.25) is 14.3 Å². The van der Waals surface area contributed by atoms with Gasteiger partial charge in [-0.15, -0.1) is 0 Å². The summed E-state index contributed by atoms with van der Waals surface area (Å²) in [5, 5.41) is 6.67. The number of carbonyl (C=O) groups is 2. The van der Waals surface area contributed by atoms with Crippen molar-refractivity contribution >= 4 is 17.6 Å². The van der Waals surface area contributed by atoms with Crippen LogP contribution >= 0.6 is 0 Å². The third-order valence-electron chi connectivity index (χ3n) is 4.77. The van der Waals surface area contributed by atoms with Crippen molar-refractivity contribution in [2.45, 2.75) is 38.1 Å². The van der Waals surface area contributed by atoms with E-state index < -0.39 is 11.8 Å². The molecular formula is C19H24N4O2. The lowest BCUT2D eigenvalue weighted by molar-refractivity contribution is -0.144. The predicted octanol–water partition coefficient (Wildman–Crippen LogP) is 2.37. The van der Waals surface area contributed by atoms with E-state index in [0.717, 1.165) is 32.1 Å². The highest BCUT2D eigenvalue weighted by molar-refractivity contribution is 6.39. The second-order valence-electron chi connectivity index (χ2n) is 6.47. The van der Waals surface area contributed by atoms with Gasteiger partial charge in [0.25, 0.3) is 0 Å². The van der Waals surface area contributed by atoms with Crippen LogP contribution in [0.15, 0.2) is 42.6 Å². The predicted molar refractivity (Wildman–Crippen MR) is 96.0 cm³/mol. The molecule has 1 saturated carbocycles. The SMILES string of the molecule is Cn1nccc1NC(=O)C(=O)N(CCc1ccccc1)C1CCCC1. The zero-order valence-corrected chi connectivity index (χ0v) is 14.5. The number of nitrogens with zero attached hydrogens (tertiary/aromatic N) is 3. The molecule has 6 heteroatoms. The second-order valence-corrected chi connectivity index (χ2v) is 6.47. The van der Waals surface area contributed by atoms with Crippen molar-refractivity contribution in [2.24, 2.45) is 7.05 Å². The maximum Gasteiger partial charge on any atom is 0.315 e. The number of amides is 2. The minimum absolute atomic E-state index is 0.161. The molecule has 0 unspecified atom stereocenters. The van der Waals surface area contributed by atoms with Crippen LogP contribution in [0.25, 0.3) is 0 Å². The van der Waals surface area contributed by atoms with Crippen molar-refractivity contribution in [3.05, 3.63) is 48.2 Å². The summed E-state index contributed by atoms with van der Waals surface area (Å²) in [6.45, 7) is 0.562. The Morgan fingerprint density at radius 2 is 1.92 bits per heavy atom. The lowest BCUT2D eigenvalue weighted by Gasteiger charge is -2.28. The fourth-order valence-electron chi connectivity index (χ4n) is 3.36. The smallest absolute Gasteiger partial charge is 0.315 e. The number of anilines is 1. The van der Waals surface area contributed by atoms with E-state index in [9.17, 15) is 9.59 Å². The molecule has 1 N–H and O–H groups in total. The second kappa shape index (κ2) is 7.96. The van der Waals surface area contributed by atoms with Crippen LogP contribution in [0.2, 0.25) is 0 Å². The van der Waals surface area contributed by atoms with Gasteiger partial charge in [0.2, 0.25) is 0 Å². The highest BCUT2D eigenvalue weighted by Gasteiger charge is 2.30. The standard InChI is InChI=1S/C19H24N4O2/c1-22-17(11-13-20-22)21-18(24)19(25)23(16-9-5-6-10-16)14-12-15-7-3-2-4-8-15/h2-4,7-8,11,13,16H,5-6,9-10,12,14H2,1H3,(H,21,24). The average Bonchev–Trinajstić information content (AvgIpc) is 3.28. The summed E-state index contributed by atoms with van der Waals surface area (Å²) < 4.78 is 1.54. The molecule has 0 radical (unpaired) electrons. The Balaban J connectivity index is 1.68. The number of hydrogen-bond acceptors (Lipinski definition) is 3. The van der Waals surface area contributed by atoms with E-state index >= 15 is 0 Å². The van der Waals surface area contributed by atoms with Crippen LogP contribution in [0.1, 0.15) is 31.2 Å². The molecule has 1 aliphatic rings. The van der Waals surface area contributed by atoms with Crippen molar-refractivity contribution in [1.82, 2.24) is 14.7 Å². The van der Waals surface area contributed by atoms with Gasteiger partial charge in [-0.25, -0.2) is 0 Å². The molecule has 2 amide bonds. The Kier molecular flexibility index (Phi) is 5.48. The summed E-state index contributed by atoms with van der Waals surface area (Å²) in [4.78, 5) is 27.0. The topological polar surface area (TPSA) is 67.2 Å². The quantitative estimate of drug-likeness (QED) is 0.850. The lowest BCUT2D eigenvalue weighted by atomic mass is 10.1. The van der Waals surface area contributed by atoms with Gasteiger partial charge in [-0.1, -0.05) is 43.2 Å². The molecule has 1 heterocycles. The summed E-state index contributed by atoms with van der Waals surface area (Å²) in [6.07, 6.45) is 6.51. The van der Waals surface area contributed by atoms with Gasteiger partial charge in [0.15, 0.2) is 0 Å². The van der Waals surface area contributed by atoms with E-state index in [4.69, 9.17) is 0 Å². The minimum atomic E-state index is -0.594. The molecule has 132 valence electrons. The first-order chi connectivity index (χ1) is 12.1. The summed E-state index contributed by atoms with van der Waals surface area (Å²) in [6, 6.07) is 11.9. The Morgan fingerprint density at radius 1 is 1.20 bits per heavy atom. The van der Waals surface area contributed by atoms with E-state index in [1.54, 1.807) is 24.2 Å². The molecule has 1 fully saturated rings. The lowest BCUT2D eigenvalue weighted by Crippen LogP contribution is -2.46. The van der Waals surface area contributed by atoms with Crippen LogP contribution in [0.5, 0.6) is 0 Å². The zero-order chi connectivity index (χ0) is 17.6. The number of carbonyl (C=O) groups excluding carboxylic acids is 2. The van der Waals surface area contributed by atoms with Crippen LogP contribution < -0.4 is 5.32 Å². The molecule has 6 nitrogen and oxygen atoms in total. The fraction of sp³-hybridized carbons (Fsp3) is 0.421. The summed E-state index contributed by atoms with van der Waals surface area (Å²) in [5.74, 6) is -0.527. The number of hydrogen-bond donors (Lipinski definition) is 1. The highest BCUT2D eigenvalue weighted by atomic mass is 16.2. The molecule has 1 aromatic carbocycles. The van der Waals surface area contributed by atoms with Gasteiger partial charge in [0, 0.05) is 25.7 Å². The molecule has 3 rings (SSSR count). The molecule has 25 heavy (non-hydrogen) atoms. The maximum absolute atomic E-state index is 12.8. The van der Waals surface area contributed by atoms with Crippen LogP contribution in [-0.2, 0) is 23.1 Å². The monoisotopic (exact) mass is 340 g/mol. The summed E-state index contributed by atoms with van der Waals surface area (Å²) >= 11 is 0. The molecule has 0 aliphatic heterocycles. The third kappa shape index (κ3) is 4.26.